The van der Waals surface area contributed by atoms with Gasteiger partial charge in [0.2, 0.25) is 0 Å². The maximum atomic E-state index is 11.3. The average molecular weight is 186 g/mol. The second kappa shape index (κ2) is 5.02. The summed E-state index contributed by atoms with van der Waals surface area (Å²) in [4.78, 5) is 11.3. The predicted octanol–water partition coefficient (Wildman–Crippen LogP) is 1.92. The minimum Gasteiger partial charge on any atom is -0.457 e. The van der Waals surface area contributed by atoms with Crippen molar-refractivity contribution < 1.29 is 14.3 Å². The molecular formula is C10H18O3. The van der Waals surface area contributed by atoms with Crippen LogP contribution < -0.4 is 0 Å². The van der Waals surface area contributed by atoms with Gasteiger partial charge in [0.15, 0.2) is 0 Å². The van der Waals surface area contributed by atoms with E-state index in [1.165, 1.54) is 0 Å². The van der Waals surface area contributed by atoms with Crippen LogP contribution in [0.4, 0.5) is 0 Å². The van der Waals surface area contributed by atoms with Crippen molar-refractivity contribution >= 4 is 5.97 Å². The minimum absolute atomic E-state index is 0.241. The van der Waals surface area contributed by atoms with Gasteiger partial charge < -0.3 is 9.47 Å². The Balaban J connectivity index is 3.91. The van der Waals surface area contributed by atoms with Gasteiger partial charge in [-0.05, 0) is 27.7 Å². The molecular weight excluding hydrogens is 168 g/mol. The molecule has 3 nitrogen and oxygen atoms in total. The summed E-state index contributed by atoms with van der Waals surface area (Å²) in [6.07, 6.45) is 0. The van der Waals surface area contributed by atoms with Crippen LogP contribution in [0.5, 0.6) is 0 Å². The van der Waals surface area contributed by atoms with Gasteiger partial charge in [0, 0.05) is 6.61 Å². The normalized spacial score (nSPS) is 11.1. The van der Waals surface area contributed by atoms with Gasteiger partial charge in [-0.1, -0.05) is 6.58 Å². The lowest BCUT2D eigenvalue weighted by molar-refractivity contribution is -0.150. The molecule has 0 amide bonds. The molecule has 0 radical (unpaired) electrons. The summed E-state index contributed by atoms with van der Waals surface area (Å²) in [6, 6.07) is 0. The van der Waals surface area contributed by atoms with E-state index in [9.17, 15) is 4.79 Å². The summed E-state index contributed by atoms with van der Waals surface area (Å²) >= 11 is 0. The summed E-state index contributed by atoms with van der Waals surface area (Å²) in [5.41, 5.74) is -0.108. The lowest BCUT2D eigenvalue weighted by Crippen LogP contribution is -2.25. The number of carbonyl (C=O) groups is 1. The zero-order valence-corrected chi connectivity index (χ0v) is 8.85. The molecule has 76 valence electrons. The van der Waals surface area contributed by atoms with E-state index in [0.29, 0.717) is 12.2 Å². The fourth-order valence-electron chi connectivity index (χ4n) is 0.634. The molecule has 0 fully saturated rings. The van der Waals surface area contributed by atoms with E-state index in [-0.39, 0.29) is 12.6 Å². The molecule has 0 aliphatic carbocycles. The highest BCUT2D eigenvalue weighted by molar-refractivity contribution is 5.88. The van der Waals surface area contributed by atoms with E-state index < -0.39 is 5.60 Å². The van der Waals surface area contributed by atoms with Gasteiger partial charge in [-0.2, -0.15) is 0 Å². The minimum atomic E-state index is -0.466. The summed E-state index contributed by atoms with van der Waals surface area (Å²) in [5, 5.41) is 0. The van der Waals surface area contributed by atoms with E-state index in [0.717, 1.165) is 0 Å². The molecule has 0 atom stereocenters. The molecule has 0 aromatic rings. The van der Waals surface area contributed by atoms with Crippen molar-refractivity contribution in [1.29, 1.82) is 0 Å². The lowest BCUT2D eigenvalue weighted by Gasteiger charge is -2.20. The number of hydrogen-bond donors (Lipinski definition) is 0. The molecule has 0 N–H and O–H groups in total. The molecule has 0 saturated carbocycles. The highest BCUT2D eigenvalue weighted by Gasteiger charge is 2.18. The van der Waals surface area contributed by atoms with Crippen LogP contribution in [0.25, 0.3) is 0 Å². The van der Waals surface area contributed by atoms with Gasteiger partial charge in [-0.3, -0.25) is 0 Å². The van der Waals surface area contributed by atoms with Gasteiger partial charge in [0.05, 0.1) is 12.2 Å². The number of esters is 1. The van der Waals surface area contributed by atoms with Crippen molar-refractivity contribution in [2.45, 2.75) is 33.3 Å². The highest BCUT2D eigenvalue weighted by atomic mass is 16.6. The summed E-state index contributed by atoms with van der Waals surface area (Å²) in [5.74, 6) is -0.388. The summed E-state index contributed by atoms with van der Waals surface area (Å²) in [7, 11) is 0. The Kier molecular flexibility index (Phi) is 4.70. The Morgan fingerprint density at radius 3 is 2.31 bits per heavy atom. The van der Waals surface area contributed by atoms with Gasteiger partial charge >= 0.3 is 5.97 Å². The van der Waals surface area contributed by atoms with E-state index in [1.54, 1.807) is 0 Å². The first-order valence-corrected chi connectivity index (χ1v) is 4.35. The quantitative estimate of drug-likeness (QED) is 0.497. The largest absolute Gasteiger partial charge is 0.457 e. The number of rotatable bonds is 4. The Labute approximate surface area is 79.7 Å². The third-order valence-electron chi connectivity index (χ3n) is 1.17. The van der Waals surface area contributed by atoms with Crippen LogP contribution in [-0.2, 0) is 14.3 Å². The molecule has 0 heterocycles. The molecule has 0 aromatic heterocycles. The fraction of sp³-hybridized carbons (Fsp3) is 0.700. The van der Waals surface area contributed by atoms with Crippen LogP contribution in [0.15, 0.2) is 12.2 Å². The molecule has 0 spiro atoms. The second-order valence-corrected chi connectivity index (χ2v) is 3.74. The summed E-state index contributed by atoms with van der Waals surface area (Å²) < 4.78 is 10.1. The average Bonchev–Trinajstić information content (AvgIpc) is 1.96. The molecule has 0 unspecified atom stereocenters. The Bertz CT molecular complexity index is 189. The first-order chi connectivity index (χ1) is 5.87. The van der Waals surface area contributed by atoms with Gasteiger partial charge in [-0.15, -0.1) is 0 Å². The van der Waals surface area contributed by atoms with Crippen LogP contribution in [0.1, 0.15) is 27.7 Å². The number of carbonyl (C=O) groups excluding carboxylic acids is 1. The topological polar surface area (TPSA) is 35.5 Å². The first kappa shape index (κ1) is 12.2. The van der Waals surface area contributed by atoms with Crippen molar-refractivity contribution in [3.8, 4) is 0 Å². The Morgan fingerprint density at radius 1 is 1.38 bits per heavy atom. The molecule has 0 aliphatic heterocycles. The highest BCUT2D eigenvalue weighted by Crippen LogP contribution is 2.09. The van der Waals surface area contributed by atoms with Crippen LogP contribution in [-0.4, -0.2) is 24.8 Å². The van der Waals surface area contributed by atoms with Crippen LogP contribution >= 0.6 is 0 Å². The predicted molar refractivity (Wildman–Crippen MR) is 51.5 cm³/mol. The molecule has 0 aliphatic rings. The standard InChI is InChI=1S/C10H18O3/c1-6-12-7-8(2)9(11)13-10(3,4)5/h2,6-7H2,1,3-5H3. The maximum Gasteiger partial charge on any atom is 0.336 e. The van der Waals surface area contributed by atoms with E-state index in [4.69, 9.17) is 9.47 Å². The Hall–Kier alpha value is -0.830. The molecule has 0 bridgehead atoms. The van der Waals surface area contributed by atoms with E-state index in [1.807, 2.05) is 27.7 Å². The number of ether oxygens (including phenoxy) is 2. The summed E-state index contributed by atoms with van der Waals surface area (Å²) in [6.45, 7) is 11.7. The smallest absolute Gasteiger partial charge is 0.336 e. The van der Waals surface area contributed by atoms with Gasteiger partial charge in [0.25, 0.3) is 0 Å². The zero-order chi connectivity index (χ0) is 10.5. The third-order valence-corrected chi connectivity index (χ3v) is 1.17. The molecule has 3 heteroatoms. The van der Waals surface area contributed by atoms with E-state index in [2.05, 4.69) is 6.58 Å². The van der Waals surface area contributed by atoms with Crippen LogP contribution in [0.2, 0.25) is 0 Å². The number of hydrogen-bond acceptors (Lipinski definition) is 3. The second-order valence-electron chi connectivity index (χ2n) is 3.74. The van der Waals surface area contributed by atoms with Crippen molar-refractivity contribution in [3.63, 3.8) is 0 Å². The first-order valence-electron chi connectivity index (χ1n) is 4.35. The molecule has 13 heavy (non-hydrogen) atoms. The Morgan fingerprint density at radius 2 is 1.92 bits per heavy atom. The van der Waals surface area contributed by atoms with Gasteiger partial charge in [-0.25, -0.2) is 4.79 Å². The lowest BCUT2D eigenvalue weighted by atomic mass is 10.2. The fourth-order valence-corrected chi connectivity index (χ4v) is 0.634. The molecule has 0 rings (SSSR count). The maximum absolute atomic E-state index is 11.3. The van der Waals surface area contributed by atoms with Crippen LogP contribution in [0.3, 0.4) is 0 Å². The van der Waals surface area contributed by atoms with Crippen molar-refractivity contribution in [2.75, 3.05) is 13.2 Å². The van der Waals surface area contributed by atoms with Crippen molar-refractivity contribution in [1.82, 2.24) is 0 Å². The zero-order valence-electron chi connectivity index (χ0n) is 8.85. The SMILES string of the molecule is C=C(COCC)C(=O)OC(C)(C)C. The monoisotopic (exact) mass is 186 g/mol. The third kappa shape index (κ3) is 6.34. The van der Waals surface area contributed by atoms with Crippen LogP contribution in [0, 0.1) is 0 Å². The van der Waals surface area contributed by atoms with Crippen molar-refractivity contribution in [2.24, 2.45) is 0 Å². The van der Waals surface area contributed by atoms with Crippen molar-refractivity contribution in [3.05, 3.63) is 12.2 Å². The van der Waals surface area contributed by atoms with Gasteiger partial charge in [0.1, 0.15) is 5.60 Å². The molecule has 0 saturated heterocycles. The molecule has 0 aromatic carbocycles. The van der Waals surface area contributed by atoms with E-state index >= 15 is 0 Å².